The molecule has 14 heavy (non-hydrogen) atoms. The van der Waals surface area contributed by atoms with Crippen LogP contribution in [0.5, 0.6) is 0 Å². The number of hydrogen-bond donors (Lipinski definition) is 0. The summed E-state index contributed by atoms with van der Waals surface area (Å²) in [5.41, 5.74) is 0.337. The molecule has 0 aliphatic heterocycles. The van der Waals surface area contributed by atoms with E-state index >= 15 is 0 Å². The molecule has 0 saturated carbocycles. The zero-order chi connectivity index (χ0) is 7.68. The number of para-hydroxylation sites is 1. The van der Waals surface area contributed by atoms with E-state index in [1.807, 2.05) is 18.2 Å². The van der Waals surface area contributed by atoms with E-state index in [9.17, 15) is 4.79 Å². The first-order chi connectivity index (χ1) is 5.36. The van der Waals surface area contributed by atoms with Crippen LogP contribution in [-0.4, -0.2) is 0 Å². The molecule has 0 unspecified atom stereocenters. The molecule has 4 nitrogen and oxygen atoms in total. The minimum absolute atomic E-state index is 0. The van der Waals surface area contributed by atoms with Crippen molar-refractivity contribution >= 4 is 11.0 Å². The fourth-order valence-electron chi connectivity index (χ4n) is 1.01. The first-order valence-corrected chi connectivity index (χ1v) is 3.35. The van der Waals surface area contributed by atoms with Gasteiger partial charge in [0.15, 0.2) is 0 Å². The average Bonchev–Trinajstić information content (AvgIpc) is 2.04. The molecule has 1 aromatic heterocycles. The van der Waals surface area contributed by atoms with Gasteiger partial charge in [-0.1, -0.05) is 18.2 Å². The van der Waals surface area contributed by atoms with Gasteiger partial charge in [0.1, 0.15) is 5.58 Å². The van der Waals surface area contributed by atoms with Crippen LogP contribution in [0.1, 0.15) is 0 Å². The van der Waals surface area contributed by atoms with Crippen LogP contribution in [0.4, 0.5) is 0 Å². The third-order valence-electron chi connectivity index (χ3n) is 1.53. The van der Waals surface area contributed by atoms with Gasteiger partial charge in [0.25, 0.3) is 0 Å². The Bertz CT molecular complexity index is 438. The predicted molar refractivity (Wildman–Crippen MR) is 43.9 cm³/mol. The topological polar surface area (TPSA) is 87.2 Å². The van der Waals surface area contributed by atoms with Crippen LogP contribution in [0.2, 0.25) is 0 Å². The van der Waals surface area contributed by atoms with Crippen molar-refractivity contribution in [1.29, 1.82) is 0 Å². The Morgan fingerprint density at radius 3 is 2.29 bits per heavy atom. The normalized spacial score (nSPS) is 8.00. The minimum atomic E-state index is -0.302. The molecule has 2 rings (SSSR count). The maximum Gasteiger partial charge on any atom is 4.00 e. The molecular weight excluding hydrogens is 220 g/mol. The van der Waals surface area contributed by atoms with E-state index in [0.29, 0.717) is 5.58 Å². The van der Waals surface area contributed by atoms with Gasteiger partial charge in [-0.25, -0.2) is 4.79 Å². The van der Waals surface area contributed by atoms with Gasteiger partial charge < -0.3 is 15.4 Å². The summed E-state index contributed by atoms with van der Waals surface area (Å²) in [7, 11) is 0. The maximum absolute atomic E-state index is 10.7. The molecule has 0 radical (unpaired) electrons. The van der Waals surface area contributed by atoms with E-state index in [1.165, 1.54) is 6.07 Å². The molecule has 0 saturated heterocycles. The van der Waals surface area contributed by atoms with Crippen LogP contribution in [0.25, 0.3) is 11.0 Å². The molecule has 0 amide bonds. The number of hydrogen-bond acceptors (Lipinski definition) is 2. The molecule has 0 fully saturated rings. The summed E-state index contributed by atoms with van der Waals surface area (Å²) in [5.74, 6) is 0. The second-order valence-corrected chi connectivity index (χ2v) is 2.29. The zero-order valence-electron chi connectivity index (χ0n) is 7.10. The Balaban J connectivity index is 0. The van der Waals surface area contributed by atoms with Crippen LogP contribution in [0.15, 0.2) is 45.6 Å². The molecule has 2 aromatic rings. The van der Waals surface area contributed by atoms with E-state index in [1.54, 1.807) is 12.1 Å². The first-order valence-electron chi connectivity index (χ1n) is 3.35. The quantitative estimate of drug-likeness (QED) is 0.503. The Morgan fingerprint density at radius 1 is 0.929 bits per heavy atom. The Hall–Kier alpha value is -0.936. The summed E-state index contributed by atoms with van der Waals surface area (Å²) in [5, 5.41) is 0.951. The Labute approximate surface area is 95.0 Å². The van der Waals surface area contributed by atoms with Crippen LogP contribution in [0, 0.1) is 0 Å². The van der Waals surface area contributed by atoms with E-state index in [-0.39, 0.29) is 38.3 Å². The van der Waals surface area contributed by atoms with Crippen molar-refractivity contribution in [2.45, 2.75) is 0 Å². The summed E-state index contributed by atoms with van der Waals surface area (Å²) in [6.45, 7) is 0. The standard InChI is InChI=1S/C9H6O2.2O.Ti/c10-9-6-5-7-3-1-2-4-8(7)11-9;;;/h1-6H;;;/q;2*-2;+4. The van der Waals surface area contributed by atoms with Crippen LogP contribution >= 0.6 is 0 Å². The van der Waals surface area contributed by atoms with Gasteiger partial charge in [-0.2, -0.15) is 0 Å². The van der Waals surface area contributed by atoms with Gasteiger partial charge >= 0.3 is 27.3 Å². The van der Waals surface area contributed by atoms with Crippen molar-refractivity contribution in [3.63, 3.8) is 0 Å². The fourth-order valence-corrected chi connectivity index (χ4v) is 1.01. The molecule has 0 atom stereocenters. The smallest absolute Gasteiger partial charge is 2.00 e. The second-order valence-electron chi connectivity index (χ2n) is 2.29. The van der Waals surface area contributed by atoms with Crippen LogP contribution in [0.3, 0.4) is 0 Å². The summed E-state index contributed by atoms with van der Waals surface area (Å²) >= 11 is 0. The Morgan fingerprint density at radius 2 is 1.57 bits per heavy atom. The van der Waals surface area contributed by atoms with Gasteiger partial charge in [-0.15, -0.1) is 0 Å². The van der Waals surface area contributed by atoms with Gasteiger partial charge in [0.2, 0.25) is 0 Å². The fraction of sp³-hybridized carbons (Fsp3) is 0. The number of benzene rings is 1. The van der Waals surface area contributed by atoms with Crippen molar-refractivity contribution in [3.05, 3.63) is 46.8 Å². The van der Waals surface area contributed by atoms with E-state index in [2.05, 4.69) is 0 Å². The third-order valence-corrected chi connectivity index (χ3v) is 1.53. The molecule has 0 bridgehead atoms. The van der Waals surface area contributed by atoms with Crippen molar-refractivity contribution < 1.29 is 37.1 Å². The summed E-state index contributed by atoms with van der Waals surface area (Å²) < 4.78 is 4.91. The zero-order valence-corrected chi connectivity index (χ0v) is 8.66. The molecule has 0 N–H and O–H groups in total. The Kier molecular flexibility index (Phi) is 7.22. The van der Waals surface area contributed by atoms with Gasteiger partial charge in [0, 0.05) is 11.5 Å². The largest absolute Gasteiger partial charge is 4.00 e. The SMILES string of the molecule is O=c1ccc2ccccc2o1.[O-2].[O-2].[Ti+4]. The van der Waals surface area contributed by atoms with Gasteiger partial charge in [0.05, 0.1) is 0 Å². The van der Waals surface area contributed by atoms with Gasteiger partial charge in [-0.3, -0.25) is 0 Å². The second kappa shape index (κ2) is 6.51. The minimum Gasteiger partial charge on any atom is -2.00 e. The molecule has 70 valence electrons. The molecule has 0 aliphatic rings. The average molecular weight is 226 g/mol. The first kappa shape index (κ1) is 15.5. The van der Waals surface area contributed by atoms with Crippen LogP contribution in [-0.2, 0) is 32.7 Å². The molecule has 0 aliphatic carbocycles. The monoisotopic (exact) mass is 226 g/mol. The van der Waals surface area contributed by atoms with Crippen molar-refractivity contribution in [1.82, 2.24) is 0 Å². The van der Waals surface area contributed by atoms with Crippen molar-refractivity contribution in [2.24, 2.45) is 0 Å². The van der Waals surface area contributed by atoms with E-state index in [0.717, 1.165) is 5.39 Å². The molecule has 1 aromatic carbocycles. The number of fused-ring (bicyclic) bond motifs is 1. The van der Waals surface area contributed by atoms with Crippen molar-refractivity contribution in [2.75, 3.05) is 0 Å². The van der Waals surface area contributed by atoms with E-state index in [4.69, 9.17) is 4.42 Å². The van der Waals surface area contributed by atoms with E-state index < -0.39 is 0 Å². The van der Waals surface area contributed by atoms with Gasteiger partial charge in [-0.05, 0) is 12.1 Å². The maximum atomic E-state index is 10.7. The summed E-state index contributed by atoms with van der Waals surface area (Å²) in [6, 6.07) is 10.6. The third kappa shape index (κ3) is 3.08. The predicted octanol–water partition coefficient (Wildman–Crippen LogP) is 1.55. The number of rotatable bonds is 0. The molecule has 1 heterocycles. The molecule has 5 heteroatoms. The summed E-state index contributed by atoms with van der Waals surface area (Å²) in [6.07, 6.45) is 0. The van der Waals surface area contributed by atoms with Crippen LogP contribution < -0.4 is 5.63 Å². The van der Waals surface area contributed by atoms with Crippen molar-refractivity contribution in [3.8, 4) is 0 Å². The summed E-state index contributed by atoms with van der Waals surface area (Å²) in [4.78, 5) is 10.7. The molecular formula is C9H6O4Ti. The molecule has 0 spiro atoms.